The third-order valence-electron chi connectivity index (χ3n) is 12.0. The lowest BCUT2D eigenvalue weighted by molar-refractivity contribution is 1.18. The lowest BCUT2D eigenvalue weighted by atomic mass is 9.90. The minimum Gasteiger partial charge on any atom is -0.310 e. The number of para-hydroxylation sites is 2. The molecular formula is C56H37N3. The Kier molecular flexibility index (Phi) is 7.54. The van der Waals surface area contributed by atoms with Gasteiger partial charge in [-0.2, -0.15) is 0 Å². The molecule has 12 rings (SSSR count). The van der Waals surface area contributed by atoms with Crippen molar-refractivity contribution in [1.29, 1.82) is 0 Å². The summed E-state index contributed by atoms with van der Waals surface area (Å²) in [4.78, 5) is 4.85. The average molecular weight is 752 g/mol. The SMILES string of the molecule is c1ccc(-c2ccc(N(c3ccc4c(c3)N(c3ccccc3)c3cccc5cccc-4c35)c3ccc4c(c3)c3ccccc3n4-c3ccc4ccccc4c3)cc2)cc1. The zero-order valence-electron chi connectivity index (χ0n) is 32.2. The molecule has 0 atom stereocenters. The van der Waals surface area contributed by atoms with Crippen LogP contribution in [0.4, 0.5) is 34.1 Å². The topological polar surface area (TPSA) is 11.4 Å². The summed E-state index contributed by atoms with van der Waals surface area (Å²) in [6.45, 7) is 0. The summed E-state index contributed by atoms with van der Waals surface area (Å²) in [5.41, 5.74) is 15.1. The van der Waals surface area contributed by atoms with Crippen molar-refractivity contribution in [2.45, 2.75) is 0 Å². The molecule has 0 bridgehead atoms. The Morgan fingerprint density at radius 1 is 0.322 bits per heavy atom. The fraction of sp³-hybridized carbons (Fsp3) is 0. The summed E-state index contributed by atoms with van der Waals surface area (Å²) in [7, 11) is 0. The van der Waals surface area contributed by atoms with Gasteiger partial charge in [-0.1, -0.05) is 146 Å². The van der Waals surface area contributed by atoms with E-state index in [1.165, 1.54) is 71.3 Å². The Labute approximate surface area is 342 Å². The molecule has 276 valence electrons. The lowest BCUT2D eigenvalue weighted by Crippen LogP contribution is -2.16. The van der Waals surface area contributed by atoms with E-state index in [1.807, 2.05) is 0 Å². The second-order valence-electron chi connectivity index (χ2n) is 15.4. The van der Waals surface area contributed by atoms with Gasteiger partial charge in [0, 0.05) is 50.2 Å². The highest BCUT2D eigenvalue weighted by molar-refractivity contribution is 6.15. The molecule has 0 radical (unpaired) electrons. The van der Waals surface area contributed by atoms with Crippen molar-refractivity contribution >= 4 is 77.5 Å². The standard InChI is InChI=1S/C56H37N3/c1-3-13-38(14-4-1)40-25-28-44(29-26-40)57(46-32-34-53-51(36-46)48-21-9-10-23-52(48)59(53)45-30-27-39-15-7-8-16-42(39)35-45)47-31-33-49-50-22-11-17-41-18-12-24-54(56(41)50)58(55(49)37-47)43-19-5-2-6-20-43/h1-37H. The predicted octanol–water partition coefficient (Wildman–Crippen LogP) is 15.7. The van der Waals surface area contributed by atoms with E-state index in [4.69, 9.17) is 0 Å². The number of hydrogen-bond acceptors (Lipinski definition) is 2. The van der Waals surface area contributed by atoms with Gasteiger partial charge in [0.15, 0.2) is 0 Å². The van der Waals surface area contributed by atoms with E-state index in [2.05, 4.69) is 239 Å². The minimum atomic E-state index is 1.08. The van der Waals surface area contributed by atoms with Crippen LogP contribution in [0.2, 0.25) is 0 Å². The molecule has 10 aromatic carbocycles. The van der Waals surface area contributed by atoms with Gasteiger partial charge in [0.2, 0.25) is 0 Å². The molecule has 0 aliphatic carbocycles. The first-order chi connectivity index (χ1) is 29.3. The van der Waals surface area contributed by atoms with Crippen LogP contribution < -0.4 is 9.80 Å². The van der Waals surface area contributed by atoms with Crippen LogP contribution >= 0.6 is 0 Å². The molecule has 3 heteroatoms. The van der Waals surface area contributed by atoms with E-state index in [0.29, 0.717) is 0 Å². The Morgan fingerprint density at radius 2 is 0.966 bits per heavy atom. The lowest BCUT2D eigenvalue weighted by Gasteiger charge is -2.35. The highest BCUT2D eigenvalue weighted by Crippen LogP contribution is 2.53. The fourth-order valence-electron chi connectivity index (χ4n) is 9.36. The van der Waals surface area contributed by atoms with Gasteiger partial charge < -0.3 is 14.4 Å². The minimum absolute atomic E-state index is 1.08. The Balaban J connectivity index is 1.08. The van der Waals surface area contributed by atoms with Gasteiger partial charge in [-0.3, -0.25) is 0 Å². The summed E-state index contributed by atoms with van der Waals surface area (Å²) >= 11 is 0. The number of aromatic nitrogens is 1. The summed E-state index contributed by atoms with van der Waals surface area (Å²) < 4.78 is 2.41. The van der Waals surface area contributed by atoms with Crippen LogP contribution in [-0.4, -0.2) is 4.57 Å². The molecule has 59 heavy (non-hydrogen) atoms. The van der Waals surface area contributed by atoms with Gasteiger partial charge in [-0.05, 0) is 112 Å². The van der Waals surface area contributed by atoms with Crippen LogP contribution in [0.1, 0.15) is 0 Å². The maximum Gasteiger partial charge on any atom is 0.0561 e. The van der Waals surface area contributed by atoms with E-state index >= 15 is 0 Å². The number of anilines is 6. The molecule has 0 saturated heterocycles. The van der Waals surface area contributed by atoms with E-state index < -0.39 is 0 Å². The molecule has 0 saturated carbocycles. The largest absolute Gasteiger partial charge is 0.310 e. The number of hydrogen-bond donors (Lipinski definition) is 0. The fourth-order valence-corrected chi connectivity index (χ4v) is 9.36. The summed E-state index contributed by atoms with van der Waals surface area (Å²) in [5.74, 6) is 0. The molecule has 3 nitrogen and oxygen atoms in total. The van der Waals surface area contributed by atoms with Crippen molar-refractivity contribution in [3.05, 3.63) is 224 Å². The van der Waals surface area contributed by atoms with Gasteiger partial charge in [0.1, 0.15) is 0 Å². The van der Waals surface area contributed by atoms with Gasteiger partial charge in [-0.15, -0.1) is 0 Å². The summed E-state index contributed by atoms with van der Waals surface area (Å²) in [6.07, 6.45) is 0. The quantitative estimate of drug-likeness (QED) is 0.168. The Hall–Kier alpha value is -7.88. The van der Waals surface area contributed by atoms with Crippen LogP contribution in [0.15, 0.2) is 224 Å². The monoisotopic (exact) mass is 751 g/mol. The third kappa shape index (κ3) is 5.36. The highest BCUT2D eigenvalue weighted by Gasteiger charge is 2.27. The normalized spacial score (nSPS) is 12.0. The first-order valence-electron chi connectivity index (χ1n) is 20.3. The van der Waals surface area contributed by atoms with Crippen molar-refractivity contribution in [3.8, 4) is 27.9 Å². The zero-order valence-corrected chi connectivity index (χ0v) is 32.2. The van der Waals surface area contributed by atoms with Gasteiger partial charge in [-0.25, -0.2) is 0 Å². The van der Waals surface area contributed by atoms with E-state index in [1.54, 1.807) is 0 Å². The van der Waals surface area contributed by atoms with Crippen molar-refractivity contribution in [2.75, 3.05) is 9.80 Å². The van der Waals surface area contributed by atoms with Gasteiger partial charge in [0.05, 0.1) is 22.4 Å². The predicted molar refractivity (Wildman–Crippen MR) is 250 cm³/mol. The summed E-state index contributed by atoms with van der Waals surface area (Å²) in [6, 6.07) is 81.8. The van der Waals surface area contributed by atoms with Crippen LogP contribution in [0.5, 0.6) is 0 Å². The molecule has 0 N–H and O–H groups in total. The zero-order chi connectivity index (χ0) is 38.9. The first kappa shape index (κ1) is 33.3. The van der Waals surface area contributed by atoms with Crippen LogP contribution in [-0.2, 0) is 0 Å². The molecule has 1 aromatic heterocycles. The molecule has 0 fully saturated rings. The maximum absolute atomic E-state index is 2.44. The van der Waals surface area contributed by atoms with E-state index in [-0.39, 0.29) is 0 Å². The van der Waals surface area contributed by atoms with E-state index in [0.717, 1.165) is 34.1 Å². The number of nitrogens with zero attached hydrogens (tertiary/aromatic N) is 3. The molecular weight excluding hydrogens is 715 g/mol. The van der Waals surface area contributed by atoms with Crippen LogP contribution in [0, 0.1) is 0 Å². The molecule has 1 aliphatic heterocycles. The molecule has 1 aliphatic rings. The van der Waals surface area contributed by atoms with Gasteiger partial charge in [0.25, 0.3) is 0 Å². The number of rotatable bonds is 6. The van der Waals surface area contributed by atoms with Crippen LogP contribution in [0.3, 0.4) is 0 Å². The molecule has 2 heterocycles. The van der Waals surface area contributed by atoms with Crippen molar-refractivity contribution in [2.24, 2.45) is 0 Å². The second-order valence-corrected chi connectivity index (χ2v) is 15.4. The Morgan fingerprint density at radius 3 is 1.81 bits per heavy atom. The third-order valence-corrected chi connectivity index (χ3v) is 12.0. The summed E-state index contributed by atoms with van der Waals surface area (Å²) in [5, 5.41) is 7.43. The molecule has 11 aromatic rings. The van der Waals surface area contributed by atoms with Crippen molar-refractivity contribution < 1.29 is 0 Å². The first-order valence-corrected chi connectivity index (χ1v) is 20.3. The average Bonchev–Trinajstić information content (AvgIpc) is 3.64. The van der Waals surface area contributed by atoms with Gasteiger partial charge >= 0.3 is 0 Å². The highest BCUT2D eigenvalue weighted by atomic mass is 15.2. The smallest absolute Gasteiger partial charge is 0.0561 e. The number of benzene rings is 10. The van der Waals surface area contributed by atoms with Crippen LogP contribution in [0.25, 0.3) is 71.3 Å². The second kappa shape index (κ2) is 13.4. The molecule has 0 spiro atoms. The maximum atomic E-state index is 2.44. The van der Waals surface area contributed by atoms with Crippen molar-refractivity contribution in [3.63, 3.8) is 0 Å². The Bertz CT molecular complexity index is 3380. The van der Waals surface area contributed by atoms with Crippen molar-refractivity contribution in [1.82, 2.24) is 4.57 Å². The number of fused-ring (bicyclic) bond motifs is 6. The van der Waals surface area contributed by atoms with E-state index in [9.17, 15) is 0 Å². The molecule has 0 amide bonds. The molecule has 0 unspecified atom stereocenters.